The summed E-state index contributed by atoms with van der Waals surface area (Å²) in [6.45, 7) is 1.27. The Morgan fingerprint density at radius 1 is 0.594 bits per heavy atom. The van der Waals surface area contributed by atoms with Crippen LogP contribution in [0.5, 0.6) is 11.5 Å². The lowest BCUT2D eigenvalue weighted by Gasteiger charge is -2.32. The molecule has 0 atom stereocenters. The summed E-state index contributed by atoms with van der Waals surface area (Å²) < 4.78 is 12.6. The molecule has 158 valence electrons. The predicted octanol–water partition coefficient (Wildman–Crippen LogP) is 7.30. The van der Waals surface area contributed by atoms with Gasteiger partial charge in [-0.3, -0.25) is 0 Å². The summed E-state index contributed by atoms with van der Waals surface area (Å²) in [5.41, 5.74) is 2.49. The fraction of sp³-hybridized carbons (Fsp3) is 0.172. The van der Waals surface area contributed by atoms with Crippen LogP contribution in [0.25, 0.3) is 21.5 Å². The van der Waals surface area contributed by atoms with Crippen molar-refractivity contribution in [2.45, 2.75) is 12.8 Å². The number of fused-ring (bicyclic) bond motifs is 3. The Morgan fingerprint density at radius 2 is 1.06 bits per heavy atom. The molecule has 5 aromatic rings. The molecule has 1 aliphatic heterocycles. The first kappa shape index (κ1) is 19.4. The maximum atomic E-state index is 6.31. The van der Waals surface area contributed by atoms with Gasteiger partial charge in [0.1, 0.15) is 0 Å². The Bertz CT molecular complexity index is 1300. The monoisotopic (exact) mass is 436 g/mol. The Hall–Kier alpha value is -3.30. The zero-order valence-electron chi connectivity index (χ0n) is 17.8. The van der Waals surface area contributed by atoms with Crippen LogP contribution < -0.4 is 9.47 Å². The average molecular weight is 437 g/mol. The number of hydrogen-bond donors (Lipinski definition) is 0. The molecule has 0 saturated carbocycles. The normalized spacial score (nSPS) is 15.0. The molecule has 6 rings (SSSR count). The molecule has 2 heterocycles. The summed E-state index contributed by atoms with van der Waals surface area (Å²) >= 11 is 1.63. The van der Waals surface area contributed by atoms with Crippen molar-refractivity contribution >= 4 is 32.9 Å². The van der Waals surface area contributed by atoms with Gasteiger partial charge in [0.05, 0.1) is 13.2 Å². The fourth-order valence-electron chi connectivity index (χ4n) is 4.82. The van der Waals surface area contributed by atoms with E-state index in [1.54, 1.807) is 11.3 Å². The van der Waals surface area contributed by atoms with Crippen molar-refractivity contribution in [3.8, 4) is 11.5 Å². The van der Waals surface area contributed by atoms with E-state index < -0.39 is 0 Å². The number of ether oxygens (including phenoxy) is 2. The molecule has 3 heteroatoms. The van der Waals surface area contributed by atoms with E-state index in [0.29, 0.717) is 13.2 Å². The number of thiophene rings is 1. The van der Waals surface area contributed by atoms with E-state index in [1.807, 2.05) is 10.8 Å². The van der Waals surface area contributed by atoms with Crippen LogP contribution in [0.3, 0.4) is 0 Å². The van der Waals surface area contributed by atoms with Crippen molar-refractivity contribution in [3.63, 3.8) is 0 Å². The van der Waals surface area contributed by atoms with Crippen LogP contribution in [0.15, 0.2) is 95.7 Å². The molecule has 0 radical (unpaired) electrons. The van der Waals surface area contributed by atoms with Crippen LogP contribution in [0.2, 0.25) is 0 Å². The minimum Gasteiger partial charge on any atom is -0.488 e. The molecule has 4 aromatic carbocycles. The van der Waals surface area contributed by atoms with E-state index in [-0.39, 0.29) is 5.41 Å². The lowest BCUT2D eigenvalue weighted by atomic mass is 9.77. The van der Waals surface area contributed by atoms with Crippen LogP contribution >= 0.6 is 11.3 Å². The van der Waals surface area contributed by atoms with Crippen LogP contribution in [0.1, 0.15) is 11.1 Å². The van der Waals surface area contributed by atoms with Gasteiger partial charge in [0.2, 0.25) is 0 Å². The zero-order valence-corrected chi connectivity index (χ0v) is 18.6. The van der Waals surface area contributed by atoms with Gasteiger partial charge in [0.15, 0.2) is 11.5 Å². The molecule has 32 heavy (non-hydrogen) atoms. The summed E-state index contributed by atoms with van der Waals surface area (Å²) in [5.74, 6) is 1.74. The van der Waals surface area contributed by atoms with Gasteiger partial charge in [-0.25, -0.2) is 0 Å². The van der Waals surface area contributed by atoms with Crippen molar-refractivity contribution in [2.24, 2.45) is 5.41 Å². The first-order valence-corrected chi connectivity index (χ1v) is 12.0. The molecule has 0 spiro atoms. The molecule has 0 amide bonds. The molecule has 1 aliphatic rings. The Labute approximate surface area is 192 Å². The van der Waals surface area contributed by atoms with E-state index >= 15 is 0 Å². The summed E-state index contributed by atoms with van der Waals surface area (Å²) in [6.07, 6.45) is 1.80. The minimum absolute atomic E-state index is 0.151. The fourth-order valence-corrected chi connectivity index (χ4v) is 5.50. The number of rotatable bonds is 4. The highest BCUT2D eigenvalue weighted by Gasteiger charge is 2.36. The van der Waals surface area contributed by atoms with Crippen molar-refractivity contribution in [1.82, 2.24) is 0 Å². The Kier molecular flexibility index (Phi) is 4.84. The topological polar surface area (TPSA) is 18.5 Å². The van der Waals surface area contributed by atoms with Crippen molar-refractivity contribution in [3.05, 3.63) is 107 Å². The summed E-state index contributed by atoms with van der Waals surface area (Å²) in [7, 11) is 0. The third-order valence-corrected chi connectivity index (χ3v) is 7.15. The molecule has 0 N–H and O–H groups in total. The van der Waals surface area contributed by atoms with Gasteiger partial charge in [0.25, 0.3) is 0 Å². The summed E-state index contributed by atoms with van der Waals surface area (Å²) in [4.78, 5) is 0. The van der Waals surface area contributed by atoms with Crippen molar-refractivity contribution in [1.29, 1.82) is 0 Å². The predicted molar refractivity (Wildman–Crippen MR) is 133 cm³/mol. The van der Waals surface area contributed by atoms with E-state index in [9.17, 15) is 0 Å². The molecule has 0 unspecified atom stereocenters. The standard InChI is InChI=1S/C29H24O2S/c1-3-7-25-13-21(9-11-23(25)5-1)15-29(19-30-27-17-32-18-28(27)31-20-29)16-22-10-12-24-6-2-4-8-26(24)14-22/h1-14,17-18H,15-16,19-20H2. The van der Waals surface area contributed by atoms with Crippen LogP contribution in [0.4, 0.5) is 0 Å². The first-order valence-electron chi connectivity index (χ1n) is 11.0. The number of benzene rings is 4. The quantitative estimate of drug-likeness (QED) is 0.294. The van der Waals surface area contributed by atoms with E-state index in [0.717, 1.165) is 24.3 Å². The highest BCUT2D eigenvalue weighted by molar-refractivity contribution is 7.08. The second-order valence-electron chi connectivity index (χ2n) is 8.89. The lowest BCUT2D eigenvalue weighted by molar-refractivity contribution is 0.103. The largest absolute Gasteiger partial charge is 0.488 e. The van der Waals surface area contributed by atoms with Crippen molar-refractivity contribution in [2.75, 3.05) is 13.2 Å². The van der Waals surface area contributed by atoms with Crippen LogP contribution in [0, 0.1) is 5.41 Å². The van der Waals surface area contributed by atoms with Crippen LogP contribution in [-0.2, 0) is 12.8 Å². The van der Waals surface area contributed by atoms with Crippen molar-refractivity contribution < 1.29 is 9.47 Å². The molecule has 0 aliphatic carbocycles. The molecular formula is C29H24O2S. The Balaban J connectivity index is 1.37. The summed E-state index contributed by atoms with van der Waals surface area (Å²) in [5, 5.41) is 9.18. The summed E-state index contributed by atoms with van der Waals surface area (Å²) in [6, 6.07) is 30.7. The maximum absolute atomic E-state index is 6.31. The van der Waals surface area contributed by atoms with E-state index in [2.05, 4.69) is 84.9 Å². The SMILES string of the molecule is c1ccc2cc(CC3(Cc4ccc5ccccc5c4)COc4cscc4OC3)ccc2c1. The molecule has 1 aromatic heterocycles. The lowest BCUT2D eigenvalue weighted by Crippen LogP contribution is -2.38. The highest BCUT2D eigenvalue weighted by atomic mass is 32.1. The first-order chi connectivity index (χ1) is 15.8. The maximum Gasteiger partial charge on any atom is 0.171 e. The van der Waals surface area contributed by atoms with E-state index in [1.165, 1.54) is 32.7 Å². The second kappa shape index (κ2) is 7.99. The van der Waals surface area contributed by atoms with Gasteiger partial charge in [-0.05, 0) is 45.5 Å². The van der Waals surface area contributed by atoms with Crippen LogP contribution in [-0.4, -0.2) is 13.2 Å². The van der Waals surface area contributed by atoms with Gasteiger partial charge < -0.3 is 9.47 Å². The zero-order chi connectivity index (χ0) is 21.4. The van der Waals surface area contributed by atoms with Gasteiger partial charge in [-0.1, -0.05) is 84.9 Å². The van der Waals surface area contributed by atoms with Gasteiger partial charge in [0, 0.05) is 16.2 Å². The third kappa shape index (κ3) is 3.74. The molecular weight excluding hydrogens is 412 g/mol. The molecule has 0 saturated heterocycles. The smallest absolute Gasteiger partial charge is 0.171 e. The third-order valence-electron chi connectivity index (χ3n) is 6.45. The second-order valence-corrected chi connectivity index (χ2v) is 9.64. The average Bonchev–Trinajstić information content (AvgIpc) is 3.22. The molecule has 2 nitrogen and oxygen atoms in total. The van der Waals surface area contributed by atoms with Gasteiger partial charge >= 0.3 is 0 Å². The highest BCUT2D eigenvalue weighted by Crippen LogP contribution is 2.40. The molecule has 0 fully saturated rings. The molecule has 0 bridgehead atoms. The minimum atomic E-state index is -0.151. The van der Waals surface area contributed by atoms with Gasteiger partial charge in [-0.2, -0.15) is 0 Å². The van der Waals surface area contributed by atoms with Gasteiger partial charge in [-0.15, -0.1) is 11.3 Å². The number of hydrogen-bond acceptors (Lipinski definition) is 3. The Morgan fingerprint density at radius 3 is 1.56 bits per heavy atom. The van der Waals surface area contributed by atoms with E-state index in [4.69, 9.17) is 9.47 Å².